The summed E-state index contributed by atoms with van der Waals surface area (Å²) in [6.07, 6.45) is 7.02. The van der Waals surface area contributed by atoms with Crippen molar-refractivity contribution in [3.8, 4) is 0 Å². The number of rotatable bonds is 2. The Morgan fingerprint density at radius 3 is 2.44 bits per heavy atom. The van der Waals surface area contributed by atoms with Gasteiger partial charge in [-0.25, -0.2) is 0 Å². The predicted octanol–water partition coefficient (Wildman–Crippen LogP) is 3.93. The lowest BCUT2D eigenvalue weighted by atomic mass is 9.43. The van der Waals surface area contributed by atoms with Gasteiger partial charge in [0.15, 0.2) is 0 Å². The molecule has 0 amide bonds. The number of carbonyl (C=O) groups excluding carboxylic acids is 1. The van der Waals surface area contributed by atoms with Gasteiger partial charge >= 0.3 is 5.97 Å². The van der Waals surface area contributed by atoms with E-state index in [9.17, 15) is 20.1 Å². The molecular formula is C27H44O5. The Hall–Kier alpha value is -0.650. The zero-order valence-corrected chi connectivity index (χ0v) is 20.4. The first-order chi connectivity index (χ1) is 15.1. The van der Waals surface area contributed by atoms with Crippen molar-refractivity contribution in [2.75, 3.05) is 0 Å². The van der Waals surface area contributed by atoms with Gasteiger partial charge in [-0.15, -0.1) is 0 Å². The van der Waals surface area contributed by atoms with Crippen molar-refractivity contribution in [3.05, 3.63) is 0 Å². The van der Waals surface area contributed by atoms with E-state index >= 15 is 0 Å². The van der Waals surface area contributed by atoms with E-state index in [1.165, 1.54) is 0 Å². The van der Waals surface area contributed by atoms with Gasteiger partial charge < -0.3 is 20.1 Å². The molecule has 1 saturated heterocycles. The summed E-state index contributed by atoms with van der Waals surface area (Å²) >= 11 is 0. The largest absolute Gasteiger partial charge is 0.462 e. The highest BCUT2D eigenvalue weighted by Gasteiger charge is 2.66. The van der Waals surface area contributed by atoms with Crippen molar-refractivity contribution in [2.24, 2.45) is 52.3 Å². The smallest absolute Gasteiger partial charge is 0.308 e. The van der Waals surface area contributed by atoms with Crippen molar-refractivity contribution in [3.63, 3.8) is 0 Å². The number of esters is 1. The molecule has 0 bridgehead atoms. The topological polar surface area (TPSA) is 87.0 Å². The summed E-state index contributed by atoms with van der Waals surface area (Å²) in [6.45, 7) is 8.82. The van der Waals surface area contributed by atoms with Crippen LogP contribution in [-0.2, 0) is 9.53 Å². The average Bonchev–Trinajstić information content (AvgIpc) is 3.10. The Morgan fingerprint density at radius 2 is 1.72 bits per heavy atom. The van der Waals surface area contributed by atoms with Crippen LogP contribution < -0.4 is 0 Å². The normalized spacial score (nSPS) is 56.5. The highest BCUT2D eigenvalue weighted by Crippen LogP contribution is 2.68. The fourth-order valence-corrected chi connectivity index (χ4v) is 9.55. The van der Waals surface area contributed by atoms with Gasteiger partial charge in [0.05, 0.1) is 24.2 Å². The molecule has 0 unspecified atom stereocenters. The lowest BCUT2D eigenvalue weighted by Crippen LogP contribution is -2.62. The first-order valence-corrected chi connectivity index (χ1v) is 13.3. The van der Waals surface area contributed by atoms with Crippen molar-refractivity contribution < 1.29 is 24.9 Å². The molecule has 3 N–H and O–H groups in total. The number of hydrogen-bond donors (Lipinski definition) is 3. The molecule has 5 nitrogen and oxygen atoms in total. The van der Waals surface area contributed by atoms with Crippen molar-refractivity contribution in [1.82, 2.24) is 0 Å². The summed E-state index contributed by atoms with van der Waals surface area (Å²) in [6, 6.07) is 0. The molecule has 1 heterocycles. The molecular weight excluding hydrogens is 404 g/mol. The number of aliphatic hydroxyl groups excluding tert-OH is 3. The van der Waals surface area contributed by atoms with E-state index in [0.29, 0.717) is 23.7 Å². The molecule has 0 radical (unpaired) electrons. The molecule has 5 heteroatoms. The van der Waals surface area contributed by atoms with Crippen LogP contribution in [0.1, 0.15) is 85.5 Å². The lowest BCUT2D eigenvalue weighted by Gasteiger charge is -2.63. The third kappa shape index (κ3) is 3.24. The fourth-order valence-electron chi connectivity index (χ4n) is 9.55. The Morgan fingerprint density at radius 1 is 0.969 bits per heavy atom. The number of fused-ring (bicyclic) bond motifs is 5. The SMILES string of the molecule is C[C@H]([C@@H]1CC[C@H](C)C(=O)O1)[C@H]1CC[C@H]2[C@@H]3[C@H](O)C[C@@H]4C[C@H](O)CC[C@]4(C)[C@H]3C[C@H](O)[C@]12C. The maximum Gasteiger partial charge on any atom is 0.308 e. The van der Waals surface area contributed by atoms with E-state index < -0.39 is 6.10 Å². The molecule has 0 spiro atoms. The monoisotopic (exact) mass is 448 g/mol. The number of carbonyl (C=O) groups is 1. The van der Waals surface area contributed by atoms with Crippen LogP contribution >= 0.6 is 0 Å². The molecule has 5 aliphatic rings. The van der Waals surface area contributed by atoms with Crippen LogP contribution in [0.4, 0.5) is 0 Å². The molecule has 32 heavy (non-hydrogen) atoms. The van der Waals surface area contributed by atoms with Crippen LogP contribution in [0.15, 0.2) is 0 Å². The standard InChI is InChI=1S/C27H44O5/c1-14-5-8-22(32-25(14)31)15(2)18-6-7-19-24-20(13-23(30)27(18,19)4)26(3)10-9-17(28)11-16(26)12-21(24)29/h14-24,28-30H,5-13H2,1-4H3/t14-,15-,16-,17+,18+,19-,20-,21+,22-,23-,24-,26-,27+/m0/s1. The van der Waals surface area contributed by atoms with Gasteiger partial charge in [0.2, 0.25) is 0 Å². The summed E-state index contributed by atoms with van der Waals surface area (Å²) in [7, 11) is 0. The second kappa shape index (κ2) is 7.95. The summed E-state index contributed by atoms with van der Waals surface area (Å²) in [4.78, 5) is 12.3. The second-order valence-electron chi connectivity index (χ2n) is 12.8. The van der Waals surface area contributed by atoms with Gasteiger partial charge in [0.25, 0.3) is 0 Å². The van der Waals surface area contributed by atoms with E-state index in [2.05, 4.69) is 20.8 Å². The van der Waals surface area contributed by atoms with Crippen LogP contribution in [0.5, 0.6) is 0 Å². The Bertz CT molecular complexity index is 740. The first-order valence-electron chi connectivity index (χ1n) is 13.3. The van der Waals surface area contributed by atoms with Crippen LogP contribution in [-0.4, -0.2) is 45.7 Å². The molecule has 13 atom stereocenters. The van der Waals surface area contributed by atoms with E-state index in [-0.39, 0.29) is 52.9 Å². The van der Waals surface area contributed by atoms with Gasteiger partial charge in [0, 0.05) is 0 Å². The summed E-state index contributed by atoms with van der Waals surface area (Å²) in [5.74, 6) is 1.65. The molecule has 5 fully saturated rings. The number of aliphatic hydroxyl groups is 3. The van der Waals surface area contributed by atoms with Crippen LogP contribution in [0.2, 0.25) is 0 Å². The minimum absolute atomic E-state index is 0.00789. The van der Waals surface area contributed by atoms with Crippen molar-refractivity contribution in [1.29, 1.82) is 0 Å². The van der Waals surface area contributed by atoms with Crippen LogP contribution in [0.25, 0.3) is 0 Å². The molecule has 4 saturated carbocycles. The number of hydrogen-bond acceptors (Lipinski definition) is 5. The summed E-state index contributed by atoms with van der Waals surface area (Å²) in [5.41, 5.74) is -0.140. The molecule has 0 aromatic heterocycles. The molecule has 0 aromatic rings. The van der Waals surface area contributed by atoms with E-state index in [4.69, 9.17) is 4.74 Å². The van der Waals surface area contributed by atoms with E-state index in [0.717, 1.165) is 57.8 Å². The van der Waals surface area contributed by atoms with Gasteiger partial charge in [-0.05, 0) is 104 Å². The van der Waals surface area contributed by atoms with Gasteiger partial charge in [0.1, 0.15) is 6.10 Å². The van der Waals surface area contributed by atoms with Gasteiger partial charge in [-0.3, -0.25) is 4.79 Å². The zero-order chi connectivity index (χ0) is 23.0. The van der Waals surface area contributed by atoms with Gasteiger partial charge in [-0.2, -0.15) is 0 Å². The quantitative estimate of drug-likeness (QED) is 0.557. The molecule has 0 aromatic carbocycles. The van der Waals surface area contributed by atoms with Crippen molar-refractivity contribution >= 4 is 5.97 Å². The minimum atomic E-state index is -0.392. The van der Waals surface area contributed by atoms with E-state index in [1.807, 2.05) is 6.92 Å². The Labute approximate surface area is 193 Å². The fraction of sp³-hybridized carbons (Fsp3) is 0.963. The first kappa shape index (κ1) is 23.1. The van der Waals surface area contributed by atoms with Crippen molar-refractivity contribution in [2.45, 2.75) is 110 Å². The highest BCUT2D eigenvalue weighted by atomic mass is 16.5. The van der Waals surface area contributed by atoms with Gasteiger partial charge in [-0.1, -0.05) is 27.7 Å². The molecule has 5 rings (SSSR count). The minimum Gasteiger partial charge on any atom is -0.462 e. The lowest BCUT2D eigenvalue weighted by molar-refractivity contribution is -0.210. The predicted molar refractivity (Wildman–Crippen MR) is 121 cm³/mol. The third-order valence-corrected chi connectivity index (χ3v) is 11.6. The maximum atomic E-state index is 12.3. The average molecular weight is 449 g/mol. The number of ether oxygens (including phenoxy) is 1. The van der Waals surface area contributed by atoms with Crippen LogP contribution in [0, 0.1) is 52.3 Å². The summed E-state index contributed by atoms with van der Waals surface area (Å²) in [5, 5.41) is 33.4. The molecule has 1 aliphatic heterocycles. The highest BCUT2D eigenvalue weighted by molar-refractivity contribution is 5.72. The summed E-state index contributed by atoms with van der Waals surface area (Å²) < 4.78 is 5.86. The zero-order valence-electron chi connectivity index (χ0n) is 20.4. The Balaban J connectivity index is 1.41. The number of cyclic esters (lactones) is 1. The third-order valence-electron chi connectivity index (χ3n) is 11.6. The van der Waals surface area contributed by atoms with Crippen LogP contribution in [0.3, 0.4) is 0 Å². The molecule has 182 valence electrons. The maximum absolute atomic E-state index is 12.3. The molecule has 4 aliphatic carbocycles. The van der Waals surface area contributed by atoms with E-state index in [1.54, 1.807) is 0 Å². The Kier molecular flexibility index (Phi) is 5.74. The second-order valence-corrected chi connectivity index (χ2v) is 12.8.